The van der Waals surface area contributed by atoms with E-state index in [1.807, 2.05) is 18.2 Å². The second kappa shape index (κ2) is 4.91. The molecule has 3 heteroatoms. The van der Waals surface area contributed by atoms with E-state index in [0.717, 1.165) is 42.5 Å². The Labute approximate surface area is 113 Å². The Morgan fingerprint density at radius 2 is 2.32 bits per heavy atom. The van der Waals surface area contributed by atoms with Crippen molar-refractivity contribution in [2.24, 2.45) is 0 Å². The third kappa shape index (κ3) is 2.16. The minimum atomic E-state index is 0.720. The number of rotatable bonds is 2. The van der Waals surface area contributed by atoms with Gasteiger partial charge in [0.25, 0.3) is 0 Å². The monoisotopic (exact) mass is 251 g/mol. The van der Waals surface area contributed by atoms with Gasteiger partial charge in [-0.25, -0.2) is 0 Å². The molecule has 96 valence electrons. The Morgan fingerprint density at radius 1 is 1.42 bits per heavy atom. The standard InChI is InChI=1S/C16H17N3/c1-2-19-7-3-4-13(11-19)15-10-18-16-6-5-12(9-17)8-14(15)16/h4-6,8,10,18H,2-3,7,11H2,1H3. The molecule has 1 aliphatic heterocycles. The molecule has 0 aliphatic carbocycles. The van der Waals surface area contributed by atoms with Gasteiger partial charge in [-0.3, -0.25) is 4.90 Å². The van der Waals surface area contributed by atoms with Gasteiger partial charge in [0.2, 0.25) is 0 Å². The lowest BCUT2D eigenvalue weighted by atomic mass is 9.99. The van der Waals surface area contributed by atoms with Crippen LogP contribution in [0, 0.1) is 11.3 Å². The number of nitrogens with one attached hydrogen (secondary N) is 1. The van der Waals surface area contributed by atoms with Crippen LogP contribution in [0.4, 0.5) is 0 Å². The summed E-state index contributed by atoms with van der Waals surface area (Å²) in [7, 11) is 0. The molecule has 2 heterocycles. The number of fused-ring (bicyclic) bond motifs is 1. The molecule has 0 saturated carbocycles. The van der Waals surface area contributed by atoms with Crippen molar-refractivity contribution in [2.75, 3.05) is 19.6 Å². The lowest BCUT2D eigenvalue weighted by Gasteiger charge is -2.25. The van der Waals surface area contributed by atoms with Crippen LogP contribution < -0.4 is 0 Å². The Hall–Kier alpha value is -2.05. The number of aromatic nitrogens is 1. The normalized spacial score (nSPS) is 16.3. The highest BCUT2D eigenvalue weighted by Gasteiger charge is 2.15. The third-order valence-electron chi connectivity index (χ3n) is 3.83. The van der Waals surface area contributed by atoms with Crippen molar-refractivity contribution in [1.82, 2.24) is 9.88 Å². The van der Waals surface area contributed by atoms with E-state index in [0.29, 0.717) is 0 Å². The van der Waals surface area contributed by atoms with E-state index in [4.69, 9.17) is 5.26 Å². The first-order chi connectivity index (χ1) is 9.31. The van der Waals surface area contributed by atoms with E-state index in [1.165, 1.54) is 11.1 Å². The van der Waals surface area contributed by atoms with Crippen LogP contribution >= 0.6 is 0 Å². The van der Waals surface area contributed by atoms with Crippen LogP contribution in [-0.2, 0) is 0 Å². The molecule has 0 spiro atoms. The van der Waals surface area contributed by atoms with Crippen molar-refractivity contribution < 1.29 is 0 Å². The number of likely N-dealkylation sites (N-methyl/N-ethyl adjacent to an activating group) is 1. The molecule has 19 heavy (non-hydrogen) atoms. The van der Waals surface area contributed by atoms with E-state index in [2.05, 4.69) is 35.1 Å². The van der Waals surface area contributed by atoms with Gasteiger partial charge in [0.05, 0.1) is 11.6 Å². The van der Waals surface area contributed by atoms with E-state index < -0.39 is 0 Å². The zero-order chi connectivity index (χ0) is 13.2. The lowest BCUT2D eigenvalue weighted by Crippen LogP contribution is -2.29. The summed E-state index contributed by atoms with van der Waals surface area (Å²) < 4.78 is 0. The number of aromatic amines is 1. The van der Waals surface area contributed by atoms with E-state index >= 15 is 0 Å². The zero-order valence-corrected chi connectivity index (χ0v) is 11.1. The Kier molecular flexibility index (Phi) is 3.10. The van der Waals surface area contributed by atoms with E-state index in [-0.39, 0.29) is 0 Å². The van der Waals surface area contributed by atoms with Crippen molar-refractivity contribution in [3.05, 3.63) is 41.6 Å². The first-order valence-corrected chi connectivity index (χ1v) is 6.75. The summed E-state index contributed by atoms with van der Waals surface area (Å²) in [5, 5.41) is 10.2. The van der Waals surface area contributed by atoms with Gasteiger partial charge in [-0.05, 0) is 36.7 Å². The smallest absolute Gasteiger partial charge is 0.0991 e. The number of benzene rings is 1. The average Bonchev–Trinajstić information content (AvgIpc) is 2.90. The molecule has 1 N–H and O–H groups in total. The molecular formula is C16H17N3. The number of nitrogens with zero attached hydrogens (tertiary/aromatic N) is 2. The maximum absolute atomic E-state index is 9.03. The number of H-pyrrole nitrogens is 1. The van der Waals surface area contributed by atoms with Crippen LogP contribution in [0.1, 0.15) is 24.5 Å². The Morgan fingerprint density at radius 3 is 3.11 bits per heavy atom. The second-order valence-electron chi connectivity index (χ2n) is 4.96. The van der Waals surface area contributed by atoms with Crippen molar-refractivity contribution in [3.8, 4) is 6.07 Å². The summed E-state index contributed by atoms with van der Waals surface area (Å²) in [4.78, 5) is 5.75. The molecule has 2 aromatic rings. The van der Waals surface area contributed by atoms with Gasteiger partial charge in [-0.2, -0.15) is 5.26 Å². The van der Waals surface area contributed by atoms with Gasteiger partial charge in [0.15, 0.2) is 0 Å². The summed E-state index contributed by atoms with van der Waals surface area (Å²) in [5.41, 5.74) is 4.43. The van der Waals surface area contributed by atoms with Gasteiger partial charge in [0, 0.05) is 35.8 Å². The summed E-state index contributed by atoms with van der Waals surface area (Å²) in [5.74, 6) is 0. The highest BCUT2D eigenvalue weighted by molar-refractivity contribution is 5.93. The molecule has 0 atom stereocenters. The SMILES string of the molecule is CCN1CCC=C(c2c[nH]c3ccc(C#N)cc23)C1. The van der Waals surface area contributed by atoms with Crippen molar-refractivity contribution >= 4 is 16.5 Å². The molecular weight excluding hydrogens is 234 g/mol. The Balaban J connectivity index is 2.05. The second-order valence-corrected chi connectivity index (χ2v) is 4.96. The minimum absolute atomic E-state index is 0.720. The highest BCUT2D eigenvalue weighted by Crippen LogP contribution is 2.28. The number of hydrogen-bond acceptors (Lipinski definition) is 2. The van der Waals surface area contributed by atoms with Crippen LogP contribution in [0.15, 0.2) is 30.5 Å². The number of nitriles is 1. The number of hydrogen-bond donors (Lipinski definition) is 1. The molecule has 0 unspecified atom stereocenters. The first kappa shape index (κ1) is 12.0. The summed E-state index contributed by atoms with van der Waals surface area (Å²) in [6.07, 6.45) is 5.50. The predicted octanol–water partition coefficient (Wildman–Crippen LogP) is 3.15. The average molecular weight is 251 g/mol. The molecule has 0 radical (unpaired) electrons. The van der Waals surface area contributed by atoms with Crippen LogP contribution in [0.25, 0.3) is 16.5 Å². The zero-order valence-electron chi connectivity index (χ0n) is 11.1. The third-order valence-corrected chi connectivity index (χ3v) is 3.83. The van der Waals surface area contributed by atoms with Gasteiger partial charge in [-0.15, -0.1) is 0 Å². The van der Waals surface area contributed by atoms with Crippen LogP contribution in [0.3, 0.4) is 0 Å². The van der Waals surface area contributed by atoms with Gasteiger partial charge in [-0.1, -0.05) is 13.0 Å². The molecule has 1 aromatic carbocycles. The van der Waals surface area contributed by atoms with Gasteiger partial charge in [0.1, 0.15) is 0 Å². The fraction of sp³-hybridized carbons (Fsp3) is 0.312. The Bertz CT molecular complexity index is 673. The largest absolute Gasteiger partial charge is 0.361 e. The topological polar surface area (TPSA) is 42.8 Å². The van der Waals surface area contributed by atoms with Gasteiger partial charge < -0.3 is 4.98 Å². The van der Waals surface area contributed by atoms with Crippen LogP contribution in [0.2, 0.25) is 0 Å². The predicted molar refractivity (Wildman–Crippen MR) is 77.7 cm³/mol. The summed E-state index contributed by atoms with van der Waals surface area (Å²) in [6.45, 7) is 5.43. The molecule has 0 fully saturated rings. The molecule has 3 rings (SSSR count). The highest BCUT2D eigenvalue weighted by atomic mass is 15.1. The van der Waals surface area contributed by atoms with Crippen LogP contribution in [-0.4, -0.2) is 29.5 Å². The molecule has 1 aromatic heterocycles. The van der Waals surface area contributed by atoms with E-state index in [1.54, 1.807) is 0 Å². The van der Waals surface area contributed by atoms with E-state index in [9.17, 15) is 0 Å². The molecule has 1 aliphatic rings. The van der Waals surface area contributed by atoms with Crippen molar-refractivity contribution in [3.63, 3.8) is 0 Å². The maximum Gasteiger partial charge on any atom is 0.0991 e. The molecule has 0 amide bonds. The molecule has 3 nitrogen and oxygen atoms in total. The fourth-order valence-electron chi connectivity index (χ4n) is 2.73. The van der Waals surface area contributed by atoms with Crippen LogP contribution in [0.5, 0.6) is 0 Å². The first-order valence-electron chi connectivity index (χ1n) is 6.75. The fourth-order valence-corrected chi connectivity index (χ4v) is 2.73. The summed E-state index contributed by atoms with van der Waals surface area (Å²) >= 11 is 0. The van der Waals surface area contributed by atoms with Crippen molar-refractivity contribution in [2.45, 2.75) is 13.3 Å². The lowest BCUT2D eigenvalue weighted by molar-refractivity contribution is 0.321. The maximum atomic E-state index is 9.03. The molecule has 0 saturated heterocycles. The summed E-state index contributed by atoms with van der Waals surface area (Å²) in [6, 6.07) is 8.04. The van der Waals surface area contributed by atoms with Gasteiger partial charge >= 0.3 is 0 Å². The van der Waals surface area contributed by atoms with Crippen molar-refractivity contribution in [1.29, 1.82) is 5.26 Å². The minimum Gasteiger partial charge on any atom is -0.361 e. The quantitative estimate of drug-likeness (QED) is 0.891. The molecule has 0 bridgehead atoms.